The summed E-state index contributed by atoms with van der Waals surface area (Å²) >= 11 is 0. The summed E-state index contributed by atoms with van der Waals surface area (Å²) in [5.74, 6) is -5.91. The Hall–Kier alpha value is -1.20. The quantitative estimate of drug-likeness (QED) is 0.237. The molecule has 0 aliphatic heterocycles. The topological polar surface area (TPSA) is 89.9 Å². The van der Waals surface area contributed by atoms with Crippen molar-refractivity contribution >= 4 is 16.1 Å². The van der Waals surface area contributed by atoms with Crippen molar-refractivity contribution in [1.29, 1.82) is 0 Å². The van der Waals surface area contributed by atoms with E-state index in [-0.39, 0.29) is 5.57 Å². The third kappa shape index (κ3) is 4.42. The molecule has 0 fully saturated rings. The number of methoxy groups -OCH3 is 1. The van der Waals surface area contributed by atoms with E-state index in [2.05, 4.69) is 16.1 Å². The number of carbonyl (C=O) groups excluding carboxylic acids is 1. The van der Waals surface area contributed by atoms with Crippen LogP contribution in [-0.4, -0.2) is 50.4 Å². The first-order chi connectivity index (χ1) is 8.87. The second-order valence-electron chi connectivity index (χ2n) is 3.59. The van der Waals surface area contributed by atoms with E-state index in [1.54, 1.807) is 0 Å². The molecule has 118 valence electrons. The molecule has 0 amide bonds. The SMILES string of the molecule is C=C(COCCC(F)(F)C(F)(F)S(=O)(=O)O)C(=O)OC. The Morgan fingerprint density at radius 3 is 2.20 bits per heavy atom. The lowest BCUT2D eigenvalue weighted by Gasteiger charge is -2.23. The van der Waals surface area contributed by atoms with Gasteiger partial charge in [0, 0.05) is 6.42 Å². The number of hydrogen-bond acceptors (Lipinski definition) is 5. The molecule has 0 unspecified atom stereocenters. The number of esters is 1. The summed E-state index contributed by atoms with van der Waals surface area (Å²) in [6.45, 7) is 1.63. The molecule has 0 aromatic rings. The number of halogens is 4. The van der Waals surface area contributed by atoms with Gasteiger partial charge in [-0.15, -0.1) is 0 Å². The Morgan fingerprint density at radius 2 is 1.80 bits per heavy atom. The molecule has 0 atom stereocenters. The number of rotatable bonds is 8. The highest BCUT2D eigenvalue weighted by molar-refractivity contribution is 7.87. The second-order valence-corrected chi connectivity index (χ2v) is 5.06. The van der Waals surface area contributed by atoms with E-state index in [1.807, 2.05) is 0 Å². The molecule has 1 N–H and O–H groups in total. The first-order valence-electron chi connectivity index (χ1n) is 4.93. The van der Waals surface area contributed by atoms with Crippen LogP contribution in [0.15, 0.2) is 12.2 Å². The Labute approximate surface area is 112 Å². The van der Waals surface area contributed by atoms with Crippen LogP contribution in [-0.2, 0) is 24.4 Å². The fourth-order valence-corrected chi connectivity index (χ4v) is 1.41. The second kappa shape index (κ2) is 6.50. The van der Waals surface area contributed by atoms with Crippen LogP contribution in [0.2, 0.25) is 0 Å². The maximum Gasteiger partial charge on any atom is 0.431 e. The van der Waals surface area contributed by atoms with Crippen molar-refractivity contribution in [2.45, 2.75) is 17.6 Å². The van der Waals surface area contributed by atoms with E-state index in [0.29, 0.717) is 0 Å². The van der Waals surface area contributed by atoms with Crippen molar-refractivity contribution in [3.8, 4) is 0 Å². The van der Waals surface area contributed by atoms with Gasteiger partial charge in [0.15, 0.2) is 0 Å². The summed E-state index contributed by atoms with van der Waals surface area (Å²) in [5, 5.41) is -5.64. The van der Waals surface area contributed by atoms with Crippen molar-refractivity contribution < 1.29 is 44.8 Å². The highest BCUT2D eigenvalue weighted by Crippen LogP contribution is 2.40. The summed E-state index contributed by atoms with van der Waals surface area (Å²) in [7, 11) is -5.23. The highest BCUT2D eigenvalue weighted by Gasteiger charge is 2.65. The summed E-state index contributed by atoms with van der Waals surface area (Å²) in [6.07, 6.45) is -1.69. The summed E-state index contributed by atoms with van der Waals surface area (Å²) in [4.78, 5) is 10.8. The molecule has 0 aromatic carbocycles. The van der Waals surface area contributed by atoms with Crippen LogP contribution in [0.3, 0.4) is 0 Å². The van der Waals surface area contributed by atoms with Crippen LogP contribution in [0.1, 0.15) is 6.42 Å². The van der Waals surface area contributed by atoms with Crippen molar-refractivity contribution in [2.24, 2.45) is 0 Å². The molecule has 0 aliphatic carbocycles. The minimum absolute atomic E-state index is 0.239. The smallest absolute Gasteiger partial charge is 0.431 e. The van der Waals surface area contributed by atoms with Gasteiger partial charge in [0.25, 0.3) is 0 Å². The average molecular weight is 324 g/mol. The first-order valence-corrected chi connectivity index (χ1v) is 6.37. The van der Waals surface area contributed by atoms with Crippen LogP contribution >= 0.6 is 0 Å². The zero-order chi connectivity index (χ0) is 16.2. The van der Waals surface area contributed by atoms with Crippen molar-refractivity contribution in [3.63, 3.8) is 0 Å². The minimum atomic E-state index is -6.26. The largest absolute Gasteiger partial charge is 0.466 e. The fraction of sp³-hybridized carbons (Fsp3) is 0.667. The van der Waals surface area contributed by atoms with E-state index in [0.717, 1.165) is 7.11 Å². The molecule has 0 rings (SSSR count). The van der Waals surface area contributed by atoms with Crippen molar-refractivity contribution in [1.82, 2.24) is 0 Å². The van der Waals surface area contributed by atoms with Gasteiger partial charge in [-0.05, 0) is 0 Å². The predicted octanol–water partition coefficient (Wildman–Crippen LogP) is 1.24. The Balaban J connectivity index is 4.46. The molecule has 0 aliphatic rings. The average Bonchev–Trinajstić information content (AvgIpc) is 2.31. The lowest BCUT2D eigenvalue weighted by atomic mass is 10.2. The number of alkyl halides is 4. The zero-order valence-electron chi connectivity index (χ0n) is 10.2. The minimum Gasteiger partial charge on any atom is -0.466 e. The van der Waals surface area contributed by atoms with Gasteiger partial charge in [0.05, 0.1) is 25.9 Å². The molecule has 0 bridgehead atoms. The van der Waals surface area contributed by atoms with E-state index in [9.17, 15) is 30.8 Å². The van der Waals surface area contributed by atoms with Gasteiger partial charge in [0.1, 0.15) is 0 Å². The molecule has 6 nitrogen and oxygen atoms in total. The van der Waals surface area contributed by atoms with Gasteiger partial charge >= 0.3 is 27.3 Å². The molecule has 20 heavy (non-hydrogen) atoms. The van der Waals surface area contributed by atoms with Crippen molar-refractivity contribution in [3.05, 3.63) is 12.2 Å². The molecule has 0 aromatic heterocycles. The molecule has 0 heterocycles. The lowest BCUT2D eigenvalue weighted by Crippen LogP contribution is -2.47. The molecule has 0 radical (unpaired) electrons. The lowest BCUT2D eigenvalue weighted by molar-refractivity contribution is -0.170. The van der Waals surface area contributed by atoms with E-state index >= 15 is 0 Å². The van der Waals surface area contributed by atoms with Gasteiger partial charge in [-0.3, -0.25) is 4.55 Å². The number of ether oxygens (including phenoxy) is 2. The molecular weight excluding hydrogens is 312 g/mol. The van der Waals surface area contributed by atoms with Crippen molar-refractivity contribution in [2.75, 3.05) is 20.3 Å². The third-order valence-corrected chi connectivity index (χ3v) is 3.01. The Kier molecular flexibility index (Phi) is 6.11. The maximum atomic E-state index is 13.0. The van der Waals surface area contributed by atoms with Crippen LogP contribution in [0.25, 0.3) is 0 Å². The molecule has 0 saturated heterocycles. The predicted molar refractivity (Wildman–Crippen MR) is 58.0 cm³/mol. The van der Waals surface area contributed by atoms with Crippen LogP contribution in [0.5, 0.6) is 0 Å². The van der Waals surface area contributed by atoms with E-state index in [1.165, 1.54) is 0 Å². The third-order valence-electron chi connectivity index (χ3n) is 2.06. The van der Waals surface area contributed by atoms with Gasteiger partial charge in [-0.1, -0.05) is 6.58 Å². The van der Waals surface area contributed by atoms with Gasteiger partial charge in [-0.2, -0.15) is 26.0 Å². The number of carbonyl (C=O) groups is 1. The van der Waals surface area contributed by atoms with Gasteiger partial charge in [0.2, 0.25) is 0 Å². The fourth-order valence-electron chi connectivity index (χ4n) is 0.933. The maximum absolute atomic E-state index is 13.0. The summed E-state index contributed by atoms with van der Waals surface area (Å²) in [5.41, 5.74) is -0.239. The first kappa shape index (κ1) is 18.8. The van der Waals surface area contributed by atoms with Gasteiger partial charge < -0.3 is 9.47 Å². The summed E-state index contributed by atoms with van der Waals surface area (Å²) < 4.78 is 88.5. The monoisotopic (exact) mass is 324 g/mol. The molecule has 0 saturated carbocycles. The molecular formula is C9H12F4O6S. The highest BCUT2D eigenvalue weighted by atomic mass is 32.2. The van der Waals surface area contributed by atoms with Crippen LogP contribution in [0, 0.1) is 0 Å². The van der Waals surface area contributed by atoms with E-state index in [4.69, 9.17) is 4.55 Å². The normalized spacial score (nSPS) is 13.1. The van der Waals surface area contributed by atoms with Crippen LogP contribution < -0.4 is 0 Å². The van der Waals surface area contributed by atoms with Gasteiger partial charge in [-0.25, -0.2) is 4.79 Å². The van der Waals surface area contributed by atoms with Crippen LogP contribution in [0.4, 0.5) is 17.6 Å². The Morgan fingerprint density at radius 1 is 1.30 bits per heavy atom. The molecule has 0 spiro atoms. The standard InChI is InChI=1S/C9H12F4O6S/c1-6(7(14)18-2)5-19-4-3-8(10,11)9(12,13)20(15,16)17/h1,3-5H2,2H3,(H,15,16,17). The Bertz CT molecular complexity index is 473. The van der Waals surface area contributed by atoms with E-state index < -0.39 is 46.9 Å². The number of hydrogen-bond donors (Lipinski definition) is 1. The summed E-state index contributed by atoms with van der Waals surface area (Å²) in [6, 6.07) is 0. The molecule has 11 heteroatoms. The zero-order valence-corrected chi connectivity index (χ0v) is 11.1.